The second kappa shape index (κ2) is 7.85. The number of nitrogens with one attached hydrogen (secondary N) is 2. The molecule has 0 aliphatic carbocycles. The molecular formula is C21H20N2O3. The minimum absolute atomic E-state index is 0.370. The Hall–Kier alpha value is -3.10. The molecule has 2 aromatic carbocycles. The van der Waals surface area contributed by atoms with Crippen molar-refractivity contribution in [3.05, 3.63) is 71.3 Å². The van der Waals surface area contributed by atoms with Crippen LogP contribution in [-0.4, -0.2) is 35.6 Å². The first-order valence-electron chi connectivity index (χ1n) is 8.53. The molecule has 3 N–H and O–H groups in total. The zero-order valence-electron chi connectivity index (χ0n) is 14.3. The predicted molar refractivity (Wildman–Crippen MR) is 98.8 cm³/mol. The molecule has 2 aromatic rings. The van der Waals surface area contributed by atoms with Gasteiger partial charge < -0.3 is 15.7 Å². The summed E-state index contributed by atoms with van der Waals surface area (Å²) in [5.74, 6) is 4.74. The third-order valence-corrected chi connectivity index (χ3v) is 4.49. The lowest BCUT2D eigenvalue weighted by molar-refractivity contribution is -0.145. The fourth-order valence-electron chi connectivity index (χ4n) is 2.91. The van der Waals surface area contributed by atoms with Crippen LogP contribution in [-0.2, 0) is 4.79 Å². The Balaban J connectivity index is 1.71. The summed E-state index contributed by atoms with van der Waals surface area (Å²) in [6.07, 6.45) is 0.740. The van der Waals surface area contributed by atoms with Crippen molar-refractivity contribution in [3.8, 4) is 11.8 Å². The third-order valence-electron chi connectivity index (χ3n) is 4.49. The summed E-state index contributed by atoms with van der Waals surface area (Å²) in [6.45, 7) is 1.14. The summed E-state index contributed by atoms with van der Waals surface area (Å²) in [6, 6.07) is 16.5. The molecule has 0 saturated carbocycles. The number of carbonyl (C=O) groups is 2. The molecular weight excluding hydrogens is 328 g/mol. The molecule has 0 aromatic heterocycles. The van der Waals surface area contributed by atoms with Crippen LogP contribution in [0.2, 0.25) is 0 Å². The fraction of sp³-hybridized carbons (Fsp3) is 0.238. The van der Waals surface area contributed by atoms with E-state index in [2.05, 4.69) is 22.5 Å². The van der Waals surface area contributed by atoms with Crippen molar-refractivity contribution in [1.82, 2.24) is 10.6 Å². The van der Waals surface area contributed by atoms with Gasteiger partial charge in [0.25, 0.3) is 5.91 Å². The average Bonchev–Trinajstić information content (AvgIpc) is 2.68. The molecule has 1 saturated heterocycles. The van der Waals surface area contributed by atoms with E-state index in [1.807, 2.05) is 30.3 Å². The second-order valence-electron chi connectivity index (χ2n) is 6.28. The van der Waals surface area contributed by atoms with Gasteiger partial charge in [0, 0.05) is 16.7 Å². The number of amides is 1. The first-order chi connectivity index (χ1) is 12.6. The lowest BCUT2D eigenvalue weighted by atomic mass is 9.88. The van der Waals surface area contributed by atoms with Gasteiger partial charge in [-0.05, 0) is 62.3 Å². The van der Waals surface area contributed by atoms with Gasteiger partial charge in [0.2, 0.25) is 0 Å². The SMILES string of the molecule is O=C(NC1(C(=O)O)CCNCC1)c1ccc(C#Cc2ccccc2)cc1. The third kappa shape index (κ3) is 4.11. The summed E-state index contributed by atoms with van der Waals surface area (Å²) >= 11 is 0. The predicted octanol–water partition coefficient (Wildman–Crippen LogP) is 2.02. The van der Waals surface area contributed by atoms with Crippen molar-refractivity contribution < 1.29 is 14.7 Å². The summed E-state index contributed by atoms with van der Waals surface area (Å²) in [5.41, 5.74) is 0.937. The number of hydrogen-bond acceptors (Lipinski definition) is 3. The van der Waals surface area contributed by atoms with Gasteiger partial charge in [-0.15, -0.1) is 0 Å². The molecule has 1 aliphatic heterocycles. The Kier molecular flexibility index (Phi) is 5.35. The van der Waals surface area contributed by atoms with E-state index in [4.69, 9.17) is 0 Å². The Labute approximate surface area is 152 Å². The highest BCUT2D eigenvalue weighted by Gasteiger charge is 2.41. The van der Waals surface area contributed by atoms with E-state index in [0.717, 1.165) is 11.1 Å². The van der Waals surface area contributed by atoms with Crippen LogP contribution in [0.15, 0.2) is 54.6 Å². The van der Waals surface area contributed by atoms with E-state index < -0.39 is 11.5 Å². The molecule has 0 radical (unpaired) electrons. The highest BCUT2D eigenvalue weighted by molar-refractivity contribution is 5.98. The van der Waals surface area contributed by atoms with Crippen LogP contribution in [0.3, 0.4) is 0 Å². The average molecular weight is 348 g/mol. The number of hydrogen-bond donors (Lipinski definition) is 3. The minimum Gasteiger partial charge on any atom is -0.480 e. The van der Waals surface area contributed by atoms with Crippen molar-refractivity contribution in [1.29, 1.82) is 0 Å². The molecule has 26 heavy (non-hydrogen) atoms. The van der Waals surface area contributed by atoms with E-state index in [9.17, 15) is 14.7 Å². The standard InChI is InChI=1S/C21H20N2O3/c24-19(23-21(20(25)26)12-14-22-15-13-21)18-10-8-17(9-11-18)7-6-16-4-2-1-3-5-16/h1-5,8-11,22H,12-15H2,(H,23,24)(H,25,26). The van der Waals surface area contributed by atoms with Gasteiger partial charge >= 0.3 is 5.97 Å². The van der Waals surface area contributed by atoms with Gasteiger partial charge in [-0.2, -0.15) is 0 Å². The zero-order valence-corrected chi connectivity index (χ0v) is 14.3. The number of carbonyl (C=O) groups excluding carboxylic acids is 1. The maximum Gasteiger partial charge on any atom is 0.329 e. The second-order valence-corrected chi connectivity index (χ2v) is 6.28. The number of carboxylic acid groups (broad SMARTS) is 1. The maximum atomic E-state index is 12.5. The monoisotopic (exact) mass is 348 g/mol. The van der Waals surface area contributed by atoms with Crippen molar-refractivity contribution in [3.63, 3.8) is 0 Å². The highest BCUT2D eigenvalue weighted by atomic mass is 16.4. The van der Waals surface area contributed by atoms with Gasteiger partial charge in [-0.25, -0.2) is 4.79 Å². The quantitative estimate of drug-likeness (QED) is 0.742. The van der Waals surface area contributed by atoms with Crippen molar-refractivity contribution in [2.45, 2.75) is 18.4 Å². The number of piperidine rings is 1. The number of carboxylic acids is 1. The van der Waals surface area contributed by atoms with Crippen molar-refractivity contribution in [2.75, 3.05) is 13.1 Å². The van der Waals surface area contributed by atoms with Crippen LogP contribution >= 0.6 is 0 Å². The van der Waals surface area contributed by atoms with Crippen LogP contribution in [0.1, 0.15) is 34.3 Å². The molecule has 5 nitrogen and oxygen atoms in total. The molecule has 0 unspecified atom stereocenters. The summed E-state index contributed by atoms with van der Waals surface area (Å²) in [5, 5.41) is 15.4. The smallest absolute Gasteiger partial charge is 0.329 e. The largest absolute Gasteiger partial charge is 0.480 e. The molecule has 0 atom stereocenters. The van der Waals surface area contributed by atoms with Crippen molar-refractivity contribution in [2.24, 2.45) is 0 Å². The minimum atomic E-state index is -1.20. The van der Waals surface area contributed by atoms with Gasteiger partial charge in [0.15, 0.2) is 0 Å². The molecule has 132 valence electrons. The molecule has 1 heterocycles. The summed E-state index contributed by atoms with van der Waals surface area (Å²) < 4.78 is 0. The van der Waals surface area contributed by atoms with Gasteiger partial charge in [-0.3, -0.25) is 4.79 Å². The molecule has 1 amide bonds. The van der Waals surface area contributed by atoms with E-state index in [0.29, 0.717) is 31.5 Å². The molecule has 0 spiro atoms. The zero-order chi connectivity index (χ0) is 18.4. The maximum absolute atomic E-state index is 12.5. The number of benzene rings is 2. The van der Waals surface area contributed by atoms with E-state index in [-0.39, 0.29) is 5.91 Å². The Morgan fingerprint density at radius 1 is 0.923 bits per heavy atom. The Morgan fingerprint density at radius 2 is 1.50 bits per heavy atom. The highest BCUT2D eigenvalue weighted by Crippen LogP contribution is 2.19. The van der Waals surface area contributed by atoms with Gasteiger partial charge in [0.05, 0.1) is 0 Å². The topological polar surface area (TPSA) is 78.4 Å². The van der Waals surface area contributed by atoms with Gasteiger partial charge in [-0.1, -0.05) is 30.0 Å². The first-order valence-corrected chi connectivity index (χ1v) is 8.53. The normalized spacial score (nSPS) is 15.4. The van der Waals surface area contributed by atoms with E-state index >= 15 is 0 Å². The van der Waals surface area contributed by atoms with Gasteiger partial charge in [0.1, 0.15) is 5.54 Å². The van der Waals surface area contributed by atoms with Crippen LogP contribution in [0.5, 0.6) is 0 Å². The van der Waals surface area contributed by atoms with Crippen LogP contribution in [0, 0.1) is 11.8 Å². The first kappa shape index (κ1) is 17.7. The van der Waals surface area contributed by atoms with E-state index in [1.165, 1.54) is 0 Å². The lowest BCUT2D eigenvalue weighted by Gasteiger charge is -2.34. The molecule has 0 bridgehead atoms. The van der Waals surface area contributed by atoms with Crippen LogP contribution < -0.4 is 10.6 Å². The number of aliphatic carboxylic acids is 1. The Bertz CT molecular complexity index is 842. The molecule has 1 fully saturated rings. The Morgan fingerprint density at radius 3 is 2.08 bits per heavy atom. The molecule has 1 aliphatic rings. The summed E-state index contributed by atoms with van der Waals surface area (Å²) in [4.78, 5) is 24.1. The molecule has 3 rings (SSSR count). The van der Waals surface area contributed by atoms with Crippen LogP contribution in [0.4, 0.5) is 0 Å². The van der Waals surface area contributed by atoms with E-state index in [1.54, 1.807) is 24.3 Å². The van der Waals surface area contributed by atoms with Crippen molar-refractivity contribution >= 4 is 11.9 Å². The fourth-order valence-corrected chi connectivity index (χ4v) is 2.91. The lowest BCUT2D eigenvalue weighted by Crippen LogP contribution is -2.59. The number of rotatable bonds is 3. The summed E-state index contributed by atoms with van der Waals surface area (Å²) in [7, 11) is 0. The molecule has 5 heteroatoms. The van der Waals surface area contributed by atoms with Crippen LogP contribution in [0.25, 0.3) is 0 Å².